The van der Waals surface area contributed by atoms with Gasteiger partial charge >= 0.3 is 0 Å². The van der Waals surface area contributed by atoms with Gasteiger partial charge in [0.05, 0.1) is 6.26 Å². The smallest absolute Gasteiger partial charge is 0.133 e. The third-order valence-electron chi connectivity index (χ3n) is 3.28. The van der Waals surface area contributed by atoms with Crippen LogP contribution in [0.4, 0.5) is 0 Å². The van der Waals surface area contributed by atoms with Gasteiger partial charge in [0, 0.05) is 24.8 Å². The Morgan fingerprint density at radius 3 is 2.94 bits per heavy atom. The molecule has 0 aromatic carbocycles. The van der Waals surface area contributed by atoms with Gasteiger partial charge in [-0.3, -0.25) is 0 Å². The normalized spacial score (nSPS) is 20.2. The SMILES string of the molecule is c1cc(CNC2CC2)c(COCC2CC2)o1. The first-order chi connectivity index (χ1) is 7.92. The Kier molecular flexibility index (Phi) is 2.98. The van der Waals surface area contributed by atoms with E-state index in [4.69, 9.17) is 9.15 Å². The fraction of sp³-hybridized carbons (Fsp3) is 0.692. The van der Waals surface area contributed by atoms with E-state index in [9.17, 15) is 0 Å². The summed E-state index contributed by atoms with van der Waals surface area (Å²) in [7, 11) is 0. The molecule has 16 heavy (non-hydrogen) atoms. The Bertz CT molecular complexity index is 339. The predicted molar refractivity (Wildman–Crippen MR) is 60.9 cm³/mol. The number of nitrogens with one attached hydrogen (secondary N) is 1. The maximum atomic E-state index is 5.64. The molecule has 0 aliphatic heterocycles. The van der Waals surface area contributed by atoms with Crippen LogP contribution in [0.5, 0.6) is 0 Å². The average Bonchev–Trinajstić information content (AvgIpc) is 3.18. The van der Waals surface area contributed by atoms with Gasteiger partial charge in [0.2, 0.25) is 0 Å². The van der Waals surface area contributed by atoms with Crippen molar-refractivity contribution in [2.45, 2.75) is 44.9 Å². The lowest BCUT2D eigenvalue weighted by Crippen LogP contribution is -2.15. The van der Waals surface area contributed by atoms with Gasteiger partial charge in [-0.2, -0.15) is 0 Å². The van der Waals surface area contributed by atoms with Crippen molar-refractivity contribution in [1.29, 1.82) is 0 Å². The Labute approximate surface area is 96.2 Å². The van der Waals surface area contributed by atoms with Crippen molar-refractivity contribution < 1.29 is 9.15 Å². The second kappa shape index (κ2) is 4.60. The zero-order chi connectivity index (χ0) is 10.8. The van der Waals surface area contributed by atoms with E-state index in [1.54, 1.807) is 6.26 Å². The summed E-state index contributed by atoms with van der Waals surface area (Å²) in [5.74, 6) is 1.82. The van der Waals surface area contributed by atoms with E-state index < -0.39 is 0 Å². The van der Waals surface area contributed by atoms with Gasteiger partial charge in [-0.15, -0.1) is 0 Å². The van der Waals surface area contributed by atoms with Crippen LogP contribution in [0, 0.1) is 5.92 Å². The second-order valence-electron chi connectivity index (χ2n) is 4.98. The number of furan rings is 1. The summed E-state index contributed by atoms with van der Waals surface area (Å²) in [4.78, 5) is 0. The summed E-state index contributed by atoms with van der Waals surface area (Å²) in [6.07, 6.45) is 7.10. The molecule has 0 amide bonds. The fourth-order valence-corrected chi connectivity index (χ4v) is 1.80. The highest BCUT2D eigenvalue weighted by molar-refractivity contribution is 5.16. The Morgan fingerprint density at radius 2 is 2.19 bits per heavy atom. The molecule has 3 nitrogen and oxygen atoms in total. The molecule has 3 rings (SSSR count). The van der Waals surface area contributed by atoms with Gasteiger partial charge in [0.25, 0.3) is 0 Å². The number of hydrogen-bond acceptors (Lipinski definition) is 3. The summed E-state index contributed by atoms with van der Waals surface area (Å²) >= 11 is 0. The highest BCUT2D eigenvalue weighted by atomic mass is 16.5. The summed E-state index contributed by atoms with van der Waals surface area (Å²) in [6.45, 7) is 2.45. The Balaban J connectivity index is 1.45. The van der Waals surface area contributed by atoms with Crippen molar-refractivity contribution in [2.75, 3.05) is 6.61 Å². The molecule has 2 saturated carbocycles. The molecule has 2 fully saturated rings. The van der Waals surface area contributed by atoms with E-state index in [2.05, 4.69) is 5.32 Å². The minimum absolute atomic E-state index is 0.630. The Hall–Kier alpha value is -0.800. The van der Waals surface area contributed by atoms with Gasteiger partial charge in [-0.25, -0.2) is 0 Å². The molecule has 1 aromatic heterocycles. The van der Waals surface area contributed by atoms with Gasteiger partial charge < -0.3 is 14.5 Å². The lowest BCUT2D eigenvalue weighted by atomic mass is 10.2. The van der Waals surface area contributed by atoms with Crippen LogP contribution in [-0.2, 0) is 17.9 Å². The van der Waals surface area contributed by atoms with Crippen molar-refractivity contribution in [3.63, 3.8) is 0 Å². The van der Waals surface area contributed by atoms with Crippen molar-refractivity contribution in [2.24, 2.45) is 5.92 Å². The molecule has 0 spiro atoms. The third-order valence-corrected chi connectivity index (χ3v) is 3.28. The van der Waals surface area contributed by atoms with Gasteiger partial charge in [0.1, 0.15) is 12.4 Å². The molecule has 1 aromatic rings. The number of hydrogen-bond donors (Lipinski definition) is 1. The van der Waals surface area contributed by atoms with Crippen molar-refractivity contribution in [3.05, 3.63) is 23.7 Å². The van der Waals surface area contributed by atoms with Crippen LogP contribution in [0.3, 0.4) is 0 Å². The van der Waals surface area contributed by atoms with Crippen LogP contribution in [-0.4, -0.2) is 12.6 Å². The molecule has 0 atom stereocenters. The zero-order valence-corrected chi connectivity index (χ0v) is 9.58. The van der Waals surface area contributed by atoms with Gasteiger partial charge in [0.15, 0.2) is 0 Å². The van der Waals surface area contributed by atoms with Crippen LogP contribution in [0.1, 0.15) is 37.0 Å². The van der Waals surface area contributed by atoms with Crippen molar-refractivity contribution in [1.82, 2.24) is 5.32 Å². The molecular formula is C13H19NO2. The standard InChI is InChI=1S/C13H19NO2/c1-2-10(1)8-15-9-13-11(5-6-16-13)7-14-12-3-4-12/h5-6,10,12,14H,1-4,7-9H2. The monoisotopic (exact) mass is 221 g/mol. The maximum Gasteiger partial charge on any atom is 0.133 e. The predicted octanol–water partition coefficient (Wildman–Crippen LogP) is 2.46. The highest BCUT2D eigenvalue weighted by Crippen LogP contribution is 2.29. The molecule has 0 bridgehead atoms. The largest absolute Gasteiger partial charge is 0.467 e. The molecule has 1 heterocycles. The summed E-state index contributed by atoms with van der Waals surface area (Å²) < 4.78 is 11.1. The topological polar surface area (TPSA) is 34.4 Å². The number of ether oxygens (including phenoxy) is 1. The van der Waals surface area contributed by atoms with Crippen LogP contribution in [0.25, 0.3) is 0 Å². The first-order valence-electron chi connectivity index (χ1n) is 6.28. The van der Waals surface area contributed by atoms with Crippen LogP contribution < -0.4 is 5.32 Å². The van der Waals surface area contributed by atoms with Crippen LogP contribution in [0.2, 0.25) is 0 Å². The highest BCUT2D eigenvalue weighted by Gasteiger charge is 2.22. The third kappa shape index (κ3) is 2.86. The van der Waals surface area contributed by atoms with Gasteiger partial charge in [-0.1, -0.05) is 0 Å². The second-order valence-corrected chi connectivity index (χ2v) is 4.98. The van der Waals surface area contributed by atoms with Crippen molar-refractivity contribution in [3.8, 4) is 0 Å². The van der Waals surface area contributed by atoms with E-state index >= 15 is 0 Å². The van der Waals surface area contributed by atoms with Gasteiger partial charge in [-0.05, 0) is 37.7 Å². The minimum Gasteiger partial charge on any atom is -0.467 e. The molecule has 2 aliphatic carbocycles. The summed E-state index contributed by atoms with van der Waals surface area (Å²) in [6, 6.07) is 2.79. The van der Waals surface area contributed by atoms with Crippen LogP contribution in [0.15, 0.2) is 16.7 Å². The lowest BCUT2D eigenvalue weighted by molar-refractivity contribution is 0.0964. The van der Waals surface area contributed by atoms with E-state index in [0.29, 0.717) is 6.61 Å². The zero-order valence-electron chi connectivity index (χ0n) is 9.58. The quantitative estimate of drug-likeness (QED) is 0.768. The minimum atomic E-state index is 0.630. The molecule has 0 unspecified atom stereocenters. The maximum absolute atomic E-state index is 5.64. The fourth-order valence-electron chi connectivity index (χ4n) is 1.80. The van der Waals surface area contributed by atoms with E-state index in [0.717, 1.165) is 30.9 Å². The molecule has 3 heteroatoms. The molecular weight excluding hydrogens is 202 g/mol. The van der Waals surface area contributed by atoms with E-state index in [1.165, 1.54) is 31.2 Å². The number of rotatable bonds is 7. The average molecular weight is 221 g/mol. The first-order valence-corrected chi connectivity index (χ1v) is 6.28. The van der Waals surface area contributed by atoms with Crippen LogP contribution >= 0.6 is 0 Å². The molecule has 0 radical (unpaired) electrons. The van der Waals surface area contributed by atoms with E-state index in [1.807, 2.05) is 6.07 Å². The molecule has 2 aliphatic rings. The summed E-state index contributed by atoms with van der Waals surface area (Å²) in [5.41, 5.74) is 1.25. The first kappa shape index (κ1) is 10.4. The molecule has 1 N–H and O–H groups in total. The summed E-state index contributed by atoms with van der Waals surface area (Å²) in [5, 5.41) is 3.50. The Morgan fingerprint density at radius 1 is 1.31 bits per heavy atom. The lowest BCUT2D eigenvalue weighted by Gasteiger charge is -2.04. The van der Waals surface area contributed by atoms with E-state index in [-0.39, 0.29) is 0 Å². The molecule has 0 saturated heterocycles. The van der Waals surface area contributed by atoms with Crippen molar-refractivity contribution >= 4 is 0 Å². The molecule has 88 valence electrons.